The Kier molecular flexibility index (Phi) is 9.10. The van der Waals surface area contributed by atoms with Crippen LogP contribution in [0.2, 0.25) is 0 Å². The second-order valence-corrected chi connectivity index (χ2v) is 8.17. The minimum atomic E-state index is -0.0690. The number of hydrogen-bond donors (Lipinski definition) is 3. The average Bonchev–Trinajstić information content (AvgIpc) is 3.42. The number of nitrogens with one attached hydrogen (secondary N) is 3. The molecule has 2 aromatic rings. The molecule has 3 N–H and O–H groups in total. The van der Waals surface area contributed by atoms with Gasteiger partial charge in [0.2, 0.25) is 0 Å². The summed E-state index contributed by atoms with van der Waals surface area (Å²) in [6, 6.07) is 9.73. The molecule has 8 heteroatoms. The van der Waals surface area contributed by atoms with Crippen LogP contribution >= 0.6 is 0 Å². The molecule has 1 aliphatic heterocycles. The number of hydrogen-bond acceptors (Lipinski definition) is 4. The van der Waals surface area contributed by atoms with Crippen LogP contribution in [0.3, 0.4) is 0 Å². The first kappa shape index (κ1) is 23.8. The van der Waals surface area contributed by atoms with E-state index in [-0.39, 0.29) is 12.0 Å². The minimum Gasteiger partial charge on any atom is -0.376 e. The monoisotopic (exact) mass is 440 g/mol. The van der Waals surface area contributed by atoms with E-state index in [4.69, 9.17) is 4.74 Å². The van der Waals surface area contributed by atoms with Crippen LogP contribution < -0.4 is 16.0 Å². The molecule has 0 bridgehead atoms. The molecule has 174 valence electrons. The molecular weight excluding hydrogens is 404 g/mol. The molecule has 0 radical (unpaired) electrons. The van der Waals surface area contributed by atoms with Crippen molar-refractivity contribution in [3.8, 4) is 0 Å². The lowest BCUT2D eigenvalue weighted by atomic mass is 10.1. The number of amides is 1. The molecule has 0 saturated carbocycles. The van der Waals surface area contributed by atoms with Crippen LogP contribution in [0.15, 0.2) is 35.3 Å². The van der Waals surface area contributed by atoms with Crippen molar-refractivity contribution < 1.29 is 9.53 Å². The Morgan fingerprint density at radius 2 is 2.12 bits per heavy atom. The Morgan fingerprint density at radius 3 is 2.84 bits per heavy atom. The highest BCUT2D eigenvalue weighted by Gasteiger charge is 2.16. The molecule has 1 aliphatic rings. The van der Waals surface area contributed by atoms with Crippen molar-refractivity contribution in [3.05, 3.63) is 52.8 Å². The fourth-order valence-corrected chi connectivity index (χ4v) is 3.77. The van der Waals surface area contributed by atoms with Crippen LogP contribution in [0.25, 0.3) is 0 Å². The lowest BCUT2D eigenvalue weighted by molar-refractivity contribution is 0.0857. The van der Waals surface area contributed by atoms with Crippen molar-refractivity contribution in [1.82, 2.24) is 25.7 Å². The average molecular weight is 441 g/mol. The topological polar surface area (TPSA) is 92.6 Å². The minimum absolute atomic E-state index is 0.0690. The normalized spacial score (nSPS) is 16.2. The summed E-state index contributed by atoms with van der Waals surface area (Å²) in [5.74, 6) is 0.703. The van der Waals surface area contributed by atoms with E-state index >= 15 is 0 Å². The number of aryl methyl sites for hydroxylation is 3. The van der Waals surface area contributed by atoms with Gasteiger partial charge in [0.05, 0.1) is 18.3 Å². The third kappa shape index (κ3) is 7.37. The van der Waals surface area contributed by atoms with Crippen molar-refractivity contribution >= 4 is 11.9 Å². The number of aromatic nitrogens is 2. The molecule has 1 aromatic heterocycles. The molecule has 2 heterocycles. The molecule has 8 nitrogen and oxygen atoms in total. The Balaban J connectivity index is 1.48. The molecule has 1 fully saturated rings. The van der Waals surface area contributed by atoms with Gasteiger partial charge in [0.25, 0.3) is 5.91 Å². The van der Waals surface area contributed by atoms with Gasteiger partial charge in [-0.25, -0.2) is 4.99 Å². The molecular formula is C24H36N6O2. The van der Waals surface area contributed by atoms with Gasteiger partial charge in [-0.15, -0.1) is 0 Å². The zero-order chi connectivity index (χ0) is 22.8. The number of nitrogens with zero attached hydrogens (tertiary/aromatic N) is 3. The van der Waals surface area contributed by atoms with Crippen LogP contribution in [0.1, 0.15) is 53.5 Å². The summed E-state index contributed by atoms with van der Waals surface area (Å²) in [4.78, 5) is 17.2. The van der Waals surface area contributed by atoms with Crippen molar-refractivity contribution in [2.75, 3.05) is 26.2 Å². The Hall–Kier alpha value is -2.87. The van der Waals surface area contributed by atoms with Gasteiger partial charge in [-0.05, 0) is 63.8 Å². The summed E-state index contributed by atoms with van der Waals surface area (Å²) in [5, 5.41) is 14.1. The lowest BCUT2D eigenvalue weighted by Crippen LogP contribution is -2.38. The number of ether oxygens (including phenoxy) is 1. The molecule has 1 amide bonds. The predicted molar refractivity (Wildman–Crippen MR) is 127 cm³/mol. The van der Waals surface area contributed by atoms with E-state index in [0.717, 1.165) is 62.7 Å². The number of carbonyl (C=O) groups excluding carboxylic acids is 1. The second-order valence-electron chi connectivity index (χ2n) is 8.17. The molecule has 1 atom stereocenters. The molecule has 1 unspecified atom stereocenters. The van der Waals surface area contributed by atoms with Gasteiger partial charge < -0.3 is 20.7 Å². The highest BCUT2D eigenvalue weighted by atomic mass is 16.5. The number of guanidine groups is 1. The first-order valence-electron chi connectivity index (χ1n) is 11.6. The van der Waals surface area contributed by atoms with E-state index in [2.05, 4.69) is 39.0 Å². The van der Waals surface area contributed by atoms with Crippen molar-refractivity contribution in [3.63, 3.8) is 0 Å². The summed E-state index contributed by atoms with van der Waals surface area (Å²) in [6.07, 6.45) is 3.17. The van der Waals surface area contributed by atoms with Crippen LogP contribution in [0.4, 0.5) is 0 Å². The van der Waals surface area contributed by atoms with Gasteiger partial charge >= 0.3 is 0 Å². The third-order valence-corrected chi connectivity index (χ3v) is 5.41. The van der Waals surface area contributed by atoms with Crippen LogP contribution in [0.5, 0.6) is 0 Å². The van der Waals surface area contributed by atoms with Gasteiger partial charge in [-0.2, -0.15) is 5.10 Å². The molecule has 32 heavy (non-hydrogen) atoms. The van der Waals surface area contributed by atoms with Gasteiger partial charge in [0, 0.05) is 44.0 Å². The Morgan fingerprint density at radius 1 is 1.25 bits per heavy atom. The van der Waals surface area contributed by atoms with Crippen LogP contribution in [-0.4, -0.2) is 54.0 Å². The standard InChI is InChI=1S/C24H36N6O2/c1-4-25-24(26-11-7-12-30-19(3)14-18(2)29-30)28-16-20-8-5-9-21(15-20)23(31)27-17-22-10-6-13-32-22/h5,8-9,14-15,22H,4,6-7,10-13,16-17H2,1-3H3,(H,27,31)(H2,25,26,28). The Labute approximate surface area is 190 Å². The van der Waals surface area contributed by atoms with E-state index < -0.39 is 0 Å². The molecule has 0 aliphatic carbocycles. The van der Waals surface area contributed by atoms with E-state index in [1.165, 1.54) is 5.69 Å². The third-order valence-electron chi connectivity index (χ3n) is 5.41. The maximum atomic E-state index is 12.5. The smallest absolute Gasteiger partial charge is 0.251 e. The fourth-order valence-electron chi connectivity index (χ4n) is 3.77. The van der Waals surface area contributed by atoms with E-state index in [1.54, 1.807) is 0 Å². The SMILES string of the molecule is CCNC(=NCc1cccc(C(=O)NCC2CCCO2)c1)NCCCn1nc(C)cc1C. The highest BCUT2D eigenvalue weighted by Crippen LogP contribution is 2.11. The van der Waals surface area contributed by atoms with Crippen molar-refractivity contribution in [2.24, 2.45) is 4.99 Å². The van der Waals surface area contributed by atoms with Gasteiger partial charge in [-0.3, -0.25) is 9.48 Å². The summed E-state index contributed by atoms with van der Waals surface area (Å²) >= 11 is 0. The zero-order valence-corrected chi connectivity index (χ0v) is 19.5. The van der Waals surface area contributed by atoms with E-state index in [0.29, 0.717) is 18.7 Å². The summed E-state index contributed by atoms with van der Waals surface area (Å²) < 4.78 is 7.61. The van der Waals surface area contributed by atoms with Crippen molar-refractivity contribution in [1.29, 1.82) is 0 Å². The van der Waals surface area contributed by atoms with Gasteiger partial charge in [0.1, 0.15) is 0 Å². The molecule has 3 rings (SSSR count). The Bertz CT molecular complexity index is 902. The number of rotatable bonds is 10. The maximum Gasteiger partial charge on any atom is 0.251 e. The van der Waals surface area contributed by atoms with Crippen LogP contribution in [-0.2, 0) is 17.8 Å². The van der Waals surface area contributed by atoms with Gasteiger partial charge in [0.15, 0.2) is 5.96 Å². The second kappa shape index (κ2) is 12.2. The summed E-state index contributed by atoms with van der Waals surface area (Å²) in [7, 11) is 0. The lowest BCUT2D eigenvalue weighted by Gasteiger charge is -2.12. The first-order valence-corrected chi connectivity index (χ1v) is 11.6. The summed E-state index contributed by atoms with van der Waals surface area (Å²) in [5.41, 5.74) is 3.88. The summed E-state index contributed by atoms with van der Waals surface area (Å²) in [6.45, 7) is 10.5. The molecule has 1 aromatic carbocycles. The quantitative estimate of drug-likeness (QED) is 0.300. The predicted octanol–water partition coefficient (Wildman–Crippen LogP) is 2.55. The van der Waals surface area contributed by atoms with E-state index in [1.807, 2.05) is 42.8 Å². The van der Waals surface area contributed by atoms with Gasteiger partial charge in [-0.1, -0.05) is 12.1 Å². The largest absolute Gasteiger partial charge is 0.376 e. The fraction of sp³-hybridized carbons (Fsp3) is 0.542. The molecule has 1 saturated heterocycles. The number of aliphatic imine (C=N–C) groups is 1. The number of carbonyl (C=O) groups is 1. The first-order chi connectivity index (χ1) is 15.5. The highest BCUT2D eigenvalue weighted by molar-refractivity contribution is 5.94. The van der Waals surface area contributed by atoms with Crippen molar-refractivity contribution in [2.45, 2.75) is 59.2 Å². The maximum absolute atomic E-state index is 12.5. The molecule has 0 spiro atoms. The number of benzene rings is 1. The van der Waals surface area contributed by atoms with E-state index in [9.17, 15) is 4.79 Å². The van der Waals surface area contributed by atoms with Crippen LogP contribution in [0, 0.1) is 13.8 Å². The zero-order valence-electron chi connectivity index (χ0n) is 19.5.